The summed E-state index contributed by atoms with van der Waals surface area (Å²) >= 11 is 0. The number of benzene rings is 2. The molecular weight excluding hydrogens is 394 g/mol. The van der Waals surface area contributed by atoms with Gasteiger partial charge in [-0.3, -0.25) is 4.98 Å². The van der Waals surface area contributed by atoms with Crippen molar-refractivity contribution in [1.29, 1.82) is 0 Å². The van der Waals surface area contributed by atoms with Crippen LogP contribution in [0.25, 0.3) is 10.9 Å². The molecular formula is C24H29N3O4. The van der Waals surface area contributed by atoms with Crippen LogP contribution in [0.3, 0.4) is 0 Å². The van der Waals surface area contributed by atoms with E-state index in [1.54, 1.807) is 19.4 Å². The molecule has 1 aromatic heterocycles. The lowest BCUT2D eigenvalue weighted by Crippen LogP contribution is -2.43. The van der Waals surface area contributed by atoms with E-state index in [9.17, 15) is 15.3 Å². The van der Waals surface area contributed by atoms with Crippen LogP contribution in [0, 0.1) is 0 Å². The van der Waals surface area contributed by atoms with E-state index >= 15 is 0 Å². The molecule has 1 unspecified atom stereocenters. The van der Waals surface area contributed by atoms with Crippen LogP contribution in [0.4, 0.5) is 0 Å². The molecule has 31 heavy (non-hydrogen) atoms. The fourth-order valence-corrected chi connectivity index (χ4v) is 4.17. The molecule has 1 fully saturated rings. The normalized spacial score (nSPS) is 16.5. The highest BCUT2D eigenvalue weighted by Crippen LogP contribution is 2.28. The number of methoxy groups -OCH3 is 1. The molecule has 1 aliphatic heterocycles. The standard InChI is InChI=1S/C24H29N3O4/c1-31-18-3-4-21-20(13-18)19(6-9-25-21)24(30)15-27-10-7-17(8-11-27)26-14-16-2-5-22(28)23(29)12-16/h2-6,9,12-13,17,24,26,28-30H,7-8,10-11,14-15H2,1H3. The van der Waals surface area contributed by atoms with E-state index in [2.05, 4.69) is 15.2 Å². The number of nitrogens with zero attached hydrogens (tertiary/aromatic N) is 2. The average Bonchev–Trinajstić information content (AvgIpc) is 2.80. The maximum atomic E-state index is 10.9. The van der Waals surface area contributed by atoms with Crippen molar-refractivity contribution in [2.45, 2.75) is 31.5 Å². The number of β-amino-alcohol motifs (C(OH)–C–C–N with tert-alkyl or cyclic N) is 1. The number of aromatic nitrogens is 1. The minimum Gasteiger partial charge on any atom is -0.504 e. The molecule has 1 atom stereocenters. The van der Waals surface area contributed by atoms with Crippen LogP contribution in [0.5, 0.6) is 17.2 Å². The molecule has 1 saturated heterocycles. The van der Waals surface area contributed by atoms with Gasteiger partial charge in [0.05, 0.1) is 18.7 Å². The van der Waals surface area contributed by atoms with Crippen molar-refractivity contribution in [3.8, 4) is 17.2 Å². The second-order valence-electron chi connectivity index (χ2n) is 8.08. The van der Waals surface area contributed by atoms with Crippen molar-refractivity contribution in [2.75, 3.05) is 26.7 Å². The molecule has 2 aromatic carbocycles. The van der Waals surface area contributed by atoms with Gasteiger partial charge >= 0.3 is 0 Å². The first-order chi connectivity index (χ1) is 15.0. The van der Waals surface area contributed by atoms with Crippen molar-refractivity contribution in [2.24, 2.45) is 0 Å². The minimum absolute atomic E-state index is 0.0932. The van der Waals surface area contributed by atoms with Crippen molar-refractivity contribution in [3.63, 3.8) is 0 Å². The van der Waals surface area contributed by atoms with Crippen LogP contribution in [0.2, 0.25) is 0 Å². The van der Waals surface area contributed by atoms with Crippen LogP contribution in [0.15, 0.2) is 48.7 Å². The van der Waals surface area contributed by atoms with E-state index in [4.69, 9.17) is 4.74 Å². The molecule has 1 aliphatic rings. The topological polar surface area (TPSA) is 98.1 Å². The Hall–Kier alpha value is -2.87. The summed E-state index contributed by atoms with van der Waals surface area (Å²) in [6, 6.07) is 12.9. The first-order valence-electron chi connectivity index (χ1n) is 10.6. The number of ether oxygens (including phenoxy) is 1. The van der Waals surface area contributed by atoms with Gasteiger partial charge in [0, 0.05) is 30.7 Å². The van der Waals surface area contributed by atoms with E-state index in [-0.39, 0.29) is 11.5 Å². The van der Waals surface area contributed by atoms with Gasteiger partial charge in [-0.1, -0.05) is 6.07 Å². The molecule has 7 heteroatoms. The van der Waals surface area contributed by atoms with Gasteiger partial charge in [-0.05, 0) is 73.5 Å². The molecule has 0 aliphatic carbocycles. The first kappa shape index (κ1) is 21.4. The summed E-state index contributed by atoms with van der Waals surface area (Å²) in [4.78, 5) is 6.69. The maximum Gasteiger partial charge on any atom is 0.157 e. The van der Waals surface area contributed by atoms with Crippen molar-refractivity contribution in [1.82, 2.24) is 15.2 Å². The van der Waals surface area contributed by atoms with E-state index in [0.29, 0.717) is 19.1 Å². The van der Waals surface area contributed by atoms with Crippen molar-refractivity contribution >= 4 is 10.9 Å². The molecule has 0 amide bonds. The van der Waals surface area contributed by atoms with E-state index in [0.717, 1.165) is 53.7 Å². The highest BCUT2D eigenvalue weighted by molar-refractivity contribution is 5.83. The number of aliphatic hydroxyl groups is 1. The SMILES string of the molecule is COc1ccc2nccc(C(O)CN3CCC(NCc4ccc(O)c(O)c4)CC3)c2c1. The number of hydrogen-bond donors (Lipinski definition) is 4. The van der Waals surface area contributed by atoms with Gasteiger partial charge in [0.1, 0.15) is 5.75 Å². The zero-order valence-corrected chi connectivity index (χ0v) is 17.7. The Bertz CT molecular complexity index is 1030. The average molecular weight is 424 g/mol. The van der Waals surface area contributed by atoms with Crippen LogP contribution >= 0.6 is 0 Å². The third-order valence-corrected chi connectivity index (χ3v) is 5.99. The Balaban J connectivity index is 1.31. The third-order valence-electron chi connectivity index (χ3n) is 5.99. The summed E-state index contributed by atoms with van der Waals surface area (Å²) in [5, 5.41) is 34.4. The zero-order valence-electron chi connectivity index (χ0n) is 17.7. The Morgan fingerprint density at radius 3 is 2.65 bits per heavy atom. The number of pyridine rings is 1. The van der Waals surface area contributed by atoms with E-state index < -0.39 is 6.10 Å². The van der Waals surface area contributed by atoms with Crippen molar-refractivity contribution < 1.29 is 20.1 Å². The summed E-state index contributed by atoms with van der Waals surface area (Å²) in [6.45, 7) is 3.03. The Morgan fingerprint density at radius 1 is 1.10 bits per heavy atom. The van der Waals surface area contributed by atoms with Gasteiger partial charge in [0.25, 0.3) is 0 Å². The summed E-state index contributed by atoms with van der Waals surface area (Å²) in [7, 11) is 1.64. The number of nitrogens with one attached hydrogen (secondary N) is 1. The predicted octanol–water partition coefficient (Wildman–Crippen LogP) is 2.94. The third kappa shape index (κ3) is 5.07. The fraction of sp³-hybridized carbons (Fsp3) is 0.375. The minimum atomic E-state index is -0.595. The molecule has 3 aromatic rings. The summed E-state index contributed by atoms with van der Waals surface area (Å²) in [6.07, 6.45) is 3.12. The van der Waals surface area contributed by atoms with Crippen molar-refractivity contribution in [3.05, 3.63) is 59.8 Å². The number of rotatable bonds is 7. The molecule has 0 saturated carbocycles. The van der Waals surface area contributed by atoms with E-state index in [1.165, 1.54) is 6.07 Å². The van der Waals surface area contributed by atoms with Gasteiger partial charge in [0.2, 0.25) is 0 Å². The zero-order chi connectivity index (χ0) is 21.8. The number of likely N-dealkylation sites (tertiary alicyclic amines) is 1. The summed E-state index contributed by atoms with van der Waals surface area (Å²) in [5.41, 5.74) is 2.66. The Labute approximate surface area is 181 Å². The molecule has 4 rings (SSSR count). The van der Waals surface area contributed by atoms with Gasteiger partial charge < -0.3 is 30.3 Å². The van der Waals surface area contributed by atoms with Gasteiger partial charge in [-0.2, -0.15) is 0 Å². The number of piperidine rings is 1. The molecule has 164 valence electrons. The van der Waals surface area contributed by atoms with Crippen LogP contribution < -0.4 is 10.1 Å². The van der Waals surface area contributed by atoms with Gasteiger partial charge in [-0.15, -0.1) is 0 Å². The monoisotopic (exact) mass is 423 g/mol. The first-order valence-corrected chi connectivity index (χ1v) is 10.6. The summed E-state index contributed by atoms with van der Waals surface area (Å²) < 4.78 is 5.33. The number of hydrogen-bond acceptors (Lipinski definition) is 7. The Morgan fingerprint density at radius 2 is 1.90 bits per heavy atom. The fourth-order valence-electron chi connectivity index (χ4n) is 4.17. The highest BCUT2D eigenvalue weighted by atomic mass is 16.5. The second kappa shape index (κ2) is 9.51. The molecule has 0 radical (unpaired) electrons. The van der Waals surface area contributed by atoms with E-state index in [1.807, 2.05) is 30.3 Å². The lowest BCUT2D eigenvalue weighted by molar-refractivity contribution is 0.0949. The Kier molecular flexibility index (Phi) is 6.56. The number of aliphatic hydroxyl groups excluding tert-OH is 1. The predicted molar refractivity (Wildman–Crippen MR) is 119 cm³/mol. The molecule has 0 bridgehead atoms. The number of aromatic hydroxyl groups is 2. The maximum absolute atomic E-state index is 10.9. The largest absolute Gasteiger partial charge is 0.504 e. The van der Waals surface area contributed by atoms with Crippen LogP contribution in [-0.4, -0.2) is 58.0 Å². The molecule has 4 N–H and O–H groups in total. The van der Waals surface area contributed by atoms with Crippen LogP contribution in [-0.2, 0) is 6.54 Å². The molecule has 7 nitrogen and oxygen atoms in total. The van der Waals surface area contributed by atoms with Gasteiger partial charge in [-0.25, -0.2) is 0 Å². The summed E-state index contributed by atoms with van der Waals surface area (Å²) in [5.74, 6) is 0.559. The van der Waals surface area contributed by atoms with Gasteiger partial charge in [0.15, 0.2) is 11.5 Å². The molecule has 2 heterocycles. The lowest BCUT2D eigenvalue weighted by atomic mass is 10.0. The number of fused-ring (bicyclic) bond motifs is 1. The number of phenolic OH excluding ortho intramolecular Hbond substituents is 2. The second-order valence-corrected chi connectivity index (χ2v) is 8.08. The van der Waals surface area contributed by atoms with Crippen LogP contribution in [0.1, 0.15) is 30.1 Å². The lowest BCUT2D eigenvalue weighted by Gasteiger charge is -2.33. The highest BCUT2D eigenvalue weighted by Gasteiger charge is 2.22. The molecule has 0 spiro atoms. The quantitative estimate of drug-likeness (QED) is 0.434. The smallest absolute Gasteiger partial charge is 0.157 e. The number of phenols is 2.